The van der Waals surface area contributed by atoms with Gasteiger partial charge in [0.25, 0.3) is 0 Å². The van der Waals surface area contributed by atoms with E-state index in [1.54, 1.807) is 0 Å². The number of aliphatic hydroxyl groups is 3. The molecule has 0 radical (unpaired) electrons. The summed E-state index contributed by atoms with van der Waals surface area (Å²) in [5.74, 6) is 3.30. The number of fused-ring (bicyclic) bond motifs is 5. The Hall–Kier alpha value is -0.380. The van der Waals surface area contributed by atoms with Crippen LogP contribution >= 0.6 is 0 Å². The molecule has 3 nitrogen and oxygen atoms in total. The topological polar surface area (TPSA) is 60.7 Å². The summed E-state index contributed by atoms with van der Waals surface area (Å²) in [6.07, 6.45) is 11.6. The first-order valence-corrected chi connectivity index (χ1v) is 12.4. The number of hydrogen-bond donors (Lipinski definition) is 3. The van der Waals surface area contributed by atoms with Crippen molar-refractivity contribution in [1.82, 2.24) is 0 Å². The summed E-state index contributed by atoms with van der Waals surface area (Å²) in [4.78, 5) is 0. The van der Waals surface area contributed by atoms with Crippen molar-refractivity contribution in [3.8, 4) is 0 Å². The summed E-state index contributed by atoms with van der Waals surface area (Å²) in [5, 5.41) is 31.3. The molecule has 0 aromatic heterocycles. The van der Waals surface area contributed by atoms with E-state index in [0.29, 0.717) is 41.6 Å². The number of hydrogen-bond acceptors (Lipinski definition) is 3. The Morgan fingerprint density at radius 2 is 1.72 bits per heavy atom. The zero-order chi connectivity index (χ0) is 21.0. The van der Waals surface area contributed by atoms with Gasteiger partial charge in [-0.2, -0.15) is 0 Å². The molecule has 166 valence electrons. The molecule has 0 aliphatic heterocycles. The summed E-state index contributed by atoms with van der Waals surface area (Å²) in [6.45, 7) is 9.81. The highest BCUT2D eigenvalue weighted by Gasteiger charge is 2.63. The second-order valence-electron chi connectivity index (χ2n) is 11.6. The first-order chi connectivity index (χ1) is 13.8. The highest BCUT2D eigenvalue weighted by Crippen LogP contribution is 2.69. The SMILES string of the molecule is C/C=C1/C(O)C2C3CC[C@H]([C@H](C)CCCO)[C@@]3(C)CCC2[C@@]2(C)CC[C@@H](O)C[C@@H]12. The molecule has 0 spiro atoms. The molecule has 0 heterocycles. The predicted octanol–water partition coefficient (Wildman–Crippen LogP) is 4.94. The van der Waals surface area contributed by atoms with E-state index >= 15 is 0 Å². The molecule has 4 rings (SSSR count). The predicted molar refractivity (Wildman–Crippen MR) is 117 cm³/mol. The fraction of sp³-hybridized carbons (Fsp3) is 0.923. The average molecular weight is 405 g/mol. The van der Waals surface area contributed by atoms with Crippen LogP contribution in [0, 0.1) is 46.3 Å². The first-order valence-electron chi connectivity index (χ1n) is 12.4. The van der Waals surface area contributed by atoms with E-state index in [4.69, 9.17) is 0 Å². The Kier molecular flexibility index (Phi) is 5.99. The van der Waals surface area contributed by atoms with Crippen molar-refractivity contribution >= 4 is 0 Å². The normalized spacial score (nSPS) is 52.0. The van der Waals surface area contributed by atoms with Gasteiger partial charge in [-0.25, -0.2) is 0 Å². The minimum atomic E-state index is -0.329. The molecule has 4 unspecified atom stereocenters. The highest BCUT2D eigenvalue weighted by atomic mass is 16.3. The molecule has 4 aliphatic carbocycles. The quantitative estimate of drug-likeness (QED) is 0.582. The van der Waals surface area contributed by atoms with Crippen LogP contribution in [-0.4, -0.2) is 34.1 Å². The van der Waals surface area contributed by atoms with Gasteiger partial charge in [0, 0.05) is 6.61 Å². The van der Waals surface area contributed by atoms with Gasteiger partial charge in [0.2, 0.25) is 0 Å². The van der Waals surface area contributed by atoms with Crippen LogP contribution in [0.25, 0.3) is 0 Å². The van der Waals surface area contributed by atoms with Crippen LogP contribution in [0.15, 0.2) is 11.6 Å². The molecule has 4 aliphatic rings. The Bertz CT molecular complexity index is 629. The van der Waals surface area contributed by atoms with Crippen molar-refractivity contribution in [3.63, 3.8) is 0 Å². The maximum absolute atomic E-state index is 11.6. The lowest BCUT2D eigenvalue weighted by Gasteiger charge is -2.63. The van der Waals surface area contributed by atoms with Gasteiger partial charge in [0.15, 0.2) is 0 Å². The molecule has 10 atom stereocenters. The summed E-state index contributed by atoms with van der Waals surface area (Å²) < 4.78 is 0. The van der Waals surface area contributed by atoms with E-state index < -0.39 is 0 Å². The lowest BCUT2D eigenvalue weighted by Crippen LogP contribution is -2.59. The fourth-order valence-electron chi connectivity index (χ4n) is 9.07. The van der Waals surface area contributed by atoms with Crippen LogP contribution in [0.2, 0.25) is 0 Å². The Morgan fingerprint density at radius 1 is 1.03 bits per heavy atom. The van der Waals surface area contributed by atoms with Crippen molar-refractivity contribution in [2.75, 3.05) is 6.61 Å². The maximum atomic E-state index is 11.6. The van der Waals surface area contributed by atoms with E-state index in [9.17, 15) is 15.3 Å². The minimum absolute atomic E-state index is 0.205. The van der Waals surface area contributed by atoms with E-state index in [1.165, 1.54) is 31.3 Å². The maximum Gasteiger partial charge on any atom is 0.0786 e. The van der Waals surface area contributed by atoms with Crippen LogP contribution in [-0.2, 0) is 0 Å². The molecule has 0 amide bonds. The lowest BCUT2D eigenvalue weighted by atomic mass is 9.42. The van der Waals surface area contributed by atoms with Crippen molar-refractivity contribution in [2.45, 2.75) is 97.7 Å². The van der Waals surface area contributed by atoms with Gasteiger partial charge >= 0.3 is 0 Å². The van der Waals surface area contributed by atoms with Crippen molar-refractivity contribution in [2.24, 2.45) is 46.3 Å². The summed E-state index contributed by atoms with van der Waals surface area (Å²) in [5.41, 5.74) is 1.79. The third kappa shape index (κ3) is 3.26. The Balaban J connectivity index is 1.65. The Labute approximate surface area is 178 Å². The summed E-state index contributed by atoms with van der Waals surface area (Å²) in [6, 6.07) is 0. The average Bonchev–Trinajstić information content (AvgIpc) is 3.05. The van der Waals surface area contributed by atoms with E-state index in [2.05, 4.69) is 33.8 Å². The van der Waals surface area contributed by atoms with E-state index in [-0.39, 0.29) is 17.6 Å². The Morgan fingerprint density at radius 3 is 2.41 bits per heavy atom. The lowest BCUT2D eigenvalue weighted by molar-refractivity contribution is -0.147. The molecular formula is C26H44O3. The molecular weight excluding hydrogens is 360 g/mol. The third-order valence-electron chi connectivity index (χ3n) is 10.5. The highest BCUT2D eigenvalue weighted by molar-refractivity contribution is 5.26. The summed E-state index contributed by atoms with van der Waals surface area (Å²) in [7, 11) is 0. The van der Waals surface area contributed by atoms with Crippen molar-refractivity contribution < 1.29 is 15.3 Å². The number of rotatable bonds is 4. The zero-order valence-electron chi connectivity index (χ0n) is 19.1. The molecule has 3 N–H and O–H groups in total. The van der Waals surface area contributed by atoms with Gasteiger partial charge in [-0.05, 0) is 117 Å². The molecule has 29 heavy (non-hydrogen) atoms. The van der Waals surface area contributed by atoms with Gasteiger partial charge < -0.3 is 15.3 Å². The molecule has 4 fully saturated rings. The van der Waals surface area contributed by atoms with Crippen LogP contribution in [0.1, 0.15) is 85.5 Å². The van der Waals surface area contributed by atoms with Gasteiger partial charge in [-0.15, -0.1) is 0 Å². The van der Waals surface area contributed by atoms with Gasteiger partial charge in [-0.3, -0.25) is 0 Å². The standard InChI is InChI=1S/C26H44O3/c1-5-18-22-15-17(28)10-12-26(22,4)21-11-13-25(3)19(16(2)7-6-14-27)8-9-20(25)23(21)24(18)29/h5,16-17,19-24,27-29H,6-15H2,1-4H3/b18-5+/t16-,17-,19-,20?,21?,22+,23?,24?,25-,26-/m1/s1. The minimum Gasteiger partial charge on any atom is -0.396 e. The van der Waals surface area contributed by atoms with Crippen LogP contribution in [0.5, 0.6) is 0 Å². The van der Waals surface area contributed by atoms with Gasteiger partial charge in [0.1, 0.15) is 0 Å². The molecule has 0 saturated heterocycles. The first kappa shape index (κ1) is 21.8. The van der Waals surface area contributed by atoms with Crippen molar-refractivity contribution in [1.29, 1.82) is 0 Å². The molecule has 0 aromatic rings. The number of allylic oxidation sites excluding steroid dienone is 1. The molecule has 4 saturated carbocycles. The molecule has 0 bridgehead atoms. The van der Waals surface area contributed by atoms with E-state index in [0.717, 1.165) is 38.0 Å². The largest absolute Gasteiger partial charge is 0.396 e. The van der Waals surface area contributed by atoms with Crippen LogP contribution in [0.3, 0.4) is 0 Å². The van der Waals surface area contributed by atoms with Crippen LogP contribution in [0.4, 0.5) is 0 Å². The monoisotopic (exact) mass is 404 g/mol. The smallest absolute Gasteiger partial charge is 0.0786 e. The van der Waals surface area contributed by atoms with E-state index in [1.807, 2.05) is 0 Å². The van der Waals surface area contributed by atoms with Gasteiger partial charge in [-0.1, -0.05) is 26.8 Å². The number of aliphatic hydroxyl groups excluding tert-OH is 3. The summed E-state index contributed by atoms with van der Waals surface area (Å²) >= 11 is 0. The second kappa shape index (κ2) is 7.95. The third-order valence-corrected chi connectivity index (χ3v) is 10.5. The second-order valence-corrected chi connectivity index (χ2v) is 11.6. The van der Waals surface area contributed by atoms with Crippen LogP contribution < -0.4 is 0 Å². The zero-order valence-corrected chi connectivity index (χ0v) is 19.1. The fourth-order valence-corrected chi connectivity index (χ4v) is 9.07. The van der Waals surface area contributed by atoms with Crippen molar-refractivity contribution in [3.05, 3.63) is 11.6 Å². The molecule has 0 aromatic carbocycles. The molecule has 3 heteroatoms. The van der Waals surface area contributed by atoms with Gasteiger partial charge in [0.05, 0.1) is 12.2 Å².